The fourth-order valence-corrected chi connectivity index (χ4v) is 4.88. The van der Waals surface area contributed by atoms with Gasteiger partial charge in [0.05, 0.1) is 22.2 Å². The van der Waals surface area contributed by atoms with Crippen LogP contribution in [-0.4, -0.2) is 18.2 Å². The van der Waals surface area contributed by atoms with E-state index < -0.39 is 0 Å². The van der Waals surface area contributed by atoms with E-state index in [1.165, 1.54) is 11.8 Å². The first-order valence-electron chi connectivity index (χ1n) is 9.72. The molecule has 3 aromatic rings. The van der Waals surface area contributed by atoms with Crippen LogP contribution >= 0.6 is 50.9 Å². The Labute approximate surface area is 213 Å². The predicted octanol–water partition coefficient (Wildman–Crippen LogP) is 7.24. The molecule has 4 rings (SSSR count). The van der Waals surface area contributed by atoms with Gasteiger partial charge in [-0.1, -0.05) is 47.5 Å². The number of aliphatic imine (C=N–C) groups is 1. The molecule has 168 valence electrons. The van der Waals surface area contributed by atoms with Crippen molar-refractivity contribution in [3.05, 3.63) is 91.2 Å². The van der Waals surface area contributed by atoms with Gasteiger partial charge in [-0.25, -0.2) is 4.99 Å². The summed E-state index contributed by atoms with van der Waals surface area (Å²) < 4.78 is 12.2. The maximum atomic E-state index is 12.4. The minimum Gasteiger partial charge on any atom is -0.493 e. The van der Waals surface area contributed by atoms with E-state index in [4.69, 9.17) is 32.7 Å². The zero-order chi connectivity index (χ0) is 23.4. The fraction of sp³-hybridized carbons (Fsp3) is 0.0833. The topological polar surface area (TPSA) is 59.9 Å². The third-order valence-electron chi connectivity index (χ3n) is 4.57. The summed E-state index contributed by atoms with van der Waals surface area (Å²) >= 11 is 17.0. The van der Waals surface area contributed by atoms with Crippen molar-refractivity contribution in [2.45, 2.75) is 6.61 Å². The van der Waals surface area contributed by atoms with Crippen molar-refractivity contribution in [2.24, 2.45) is 4.99 Å². The molecule has 1 heterocycles. The molecule has 3 aromatic carbocycles. The summed E-state index contributed by atoms with van der Waals surface area (Å²) in [6.07, 6.45) is 1.78. The number of nitrogens with one attached hydrogen (secondary N) is 1. The van der Waals surface area contributed by atoms with Crippen LogP contribution in [0, 0.1) is 0 Å². The zero-order valence-electron chi connectivity index (χ0n) is 17.3. The molecule has 0 atom stereocenters. The van der Waals surface area contributed by atoms with E-state index in [0.717, 1.165) is 16.8 Å². The molecule has 0 unspecified atom stereocenters. The molecule has 0 spiro atoms. The number of thioether (sulfide) groups is 1. The lowest BCUT2D eigenvalue weighted by Gasteiger charge is -2.14. The molecule has 1 amide bonds. The molecule has 1 aliphatic rings. The number of carbonyl (C=O) groups excluding carboxylic acids is 1. The first-order chi connectivity index (χ1) is 15.9. The SMILES string of the molecule is COc1cc(/C=C2\SC(=Nc3ccccc3)NC2=O)cc(Br)c1OCc1ccc(Cl)cc1Cl. The van der Waals surface area contributed by atoms with Crippen molar-refractivity contribution >= 4 is 73.7 Å². The molecular formula is C24H17BrCl2N2O3S. The van der Waals surface area contributed by atoms with Crippen molar-refractivity contribution in [3.8, 4) is 11.5 Å². The lowest BCUT2D eigenvalue weighted by Crippen LogP contribution is -2.19. The summed E-state index contributed by atoms with van der Waals surface area (Å²) in [5, 5.41) is 4.41. The highest BCUT2D eigenvalue weighted by Gasteiger charge is 2.24. The van der Waals surface area contributed by atoms with Crippen LogP contribution in [0.4, 0.5) is 5.69 Å². The van der Waals surface area contributed by atoms with Crippen molar-refractivity contribution in [3.63, 3.8) is 0 Å². The van der Waals surface area contributed by atoms with Crippen LogP contribution in [0.25, 0.3) is 6.08 Å². The van der Waals surface area contributed by atoms with Gasteiger partial charge in [-0.3, -0.25) is 4.79 Å². The third kappa shape index (κ3) is 5.92. The van der Waals surface area contributed by atoms with Gasteiger partial charge in [-0.2, -0.15) is 0 Å². The summed E-state index contributed by atoms with van der Waals surface area (Å²) in [5.74, 6) is 0.839. The summed E-state index contributed by atoms with van der Waals surface area (Å²) in [7, 11) is 1.56. The Morgan fingerprint density at radius 1 is 1.12 bits per heavy atom. The van der Waals surface area contributed by atoms with E-state index in [9.17, 15) is 4.79 Å². The average Bonchev–Trinajstić information content (AvgIpc) is 3.12. The van der Waals surface area contributed by atoms with Crippen LogP contribution in [0.2, 0.25) is 10.0 Å². The molecule has 9 heteroatoms. The van der Waals surface area contributed by atoms with Gasteiger partial charge >= 0.3 is 0 Å². The lowest BCUT2D eigenvalue weighted by molar-refractivity contribution is -0.115. The number of methoxy groups -OCH3 is 1. The Kier molecular flexibility index (Phi) is 7.65. The Balaban J connectivity index is 1.54. The third-order valence-corrected chi connectivity index (χ3v) is 6.66. The largest absolute Gasteiger partial charge is 0.493 e. The number of hydrogen-bond acceptors (Lipinski definition) is 5. The second-order valence-electron chi connectivity index (χ2n) is 6.88. The van der Waals surface area contributed by atoms with E-state index in [-0.39, 0.29) is 12.5 Å². The molecule has 33 heavy (non-hydrogen) atoms. The van der Waals surface area contributed by atoms with Gasteiger partial charge in [0, 0.05) is 15.6 Å². The van der Waals surface area contributed by atoms with Crippen molar-refractivity contribution in [1.82, 2.24) is 5.32 Å². The van der Waals surface area contributed by atoms with Gasteiger partial charge in [0.15, 0.2) is 16.7 Å². The van der Waals surface area contributed by atoms with Crippen molar-refractivity contribution in [2.75, 3.05) is 7.11 Å². The van der Waals surface area contributed by atoms with Gasteiger partial charge in [0.2, 0.25) is 0 Å². The highest BCUT2D eigenvalue weighted by Crippen LogP contribution is 2.39. The predicted molar refractivity (Wildman–Crippen MR) is 139 cm³/mol. The number of nitrogens with zero attached hydrogens (tertiary/aromatic N) is 1. The molecule has 0 aliphatic carbocycles. The second kappa shape index (κ2) is 10.7. The smallest absolute Gasteiger partial charge is 0.264 e. The molecule has 0 aromatic heterocycles. The summed E-state index contributed by atoms with van der Waals surface area (Å²) in [5.41, 5.74) is 2.34. The molecule has 1 N–H and O–H groups in total. The molecule has 0 radical (unpaired) electrons. The maximum Gasteiger partial charge on any atom is 0.264 e. The first-order valence-corrected chi connectivity index (χ1v) is 12.1. The minimum atomic E-state index is -0.206. The van der Waals surface area contributed by atoms with Gasteiger partial charge in [0.25, 0.3) is 5.91 Å². The van der Waals surface area contributed by atoms with Crippen LogP contribution in [-0.2, 0) is 11.4 Å². The van der Waals surface area contributed by atoms with E-state index >= 15 is 0 Å². The molecule has 1 fully saturated rings. The van der Waals surface area contributed by atoms with Crippen LogP contribution in [0.1, 0.15) is 11.1 Å². The number of halogens is 3. The number of ether oxygens (including phenoxy) is 2. The Morgan fingerprint density at radius 2 is 1.91 bits per heavy atom. The number of para-hydroxylation sites is 1. The Morgan fingerprint density at radius 3 is 2.64 bits per heavy atom. The fourth-order valence-electron chi connectivity index (χ4n) is 3.00. The highest BCUT2D eigenvalue weighted by molar-refractivity contribution is 9.10. The van der Waals surface area contributed by atoms with Gasteiger partial charge in [-0.15, -0.1) is 0 Å². The van der Waals surface area contributed by atoms with E-state index in [0.29, 0.717) is 36.1 Å². The summed E-state index contributed by atoms with van der Waals surface area (Å²) in [4.78, 5) is 17.4. The summed E-state index contributed by atoms with van der Waals surface area (Å²) in [6.45, 7) is 0.239. The van der Waals surface area contributed by atoms with E-state index in [2.05, 4.69) is 26.2 Å². The number of benzene rings is 3. The number of amides is 1. The number of amidine groups is 1. The Hall–Kier alpha value is -2.45. The Bertz CT molecular complexity index is 1270. The minimum absolute atomic E-state index is 0.206. The normalized spacial score (nSPS) is 15.7. The van der Waals surface area contributed by atoms with E-state index in [1.807, 2.05) is 42.5 Å². The monoisotopic (exact) mass is 562 g/mol. The number of carbonyl (C=O) groups is 1. The van der Waals surface area contributed by atoms with Gasteiger partial charge < -0.3 is 14.8 Å². The van der Waals surface area contributed by atoms with Crippen LogP contribution in [0.15, 0.2) is 75.0 Å². The molecule has 1 saturated heterocycles. The standard InChI is InChI=1S/C24H17BrCl2N2O3S/c1-31-20-10-14(9-18(25)22(20)32-13-15-7-8-16(26)12-19(15)27)11-21-23(30)29-24(33-21)28-17-5-3-2-4-6-17/h2-12H,13H2,1H3,(H,28,29,30)/b21-11-. The average molecular weight is 564 g/mol. The molecule has 5 nitrogen and oxygen atoms in total. The molecule has 0 saturated carbocycles. The number of rotatable bonds is 6. The molecule has 0 bridgehead atoms. The molecule has 1 aliphatic heterocycles. The summed E-state index contributed by atoms with van der Waals surface area (Å²) in [6, 6.07) is 18.4. The van der Waals surface area contributed by atoms with Crippen LogP contribution < -0.4 is 14.8 Å². The van der Waals surface area contributed by atoms with E-state index in [1.54, 1.807) is 31.4 Å². The highest BCUT2D eigenvalue weighted by atomic mass is 79.9. The quantitative estimate of drug-likeness (QED) is 0.321. The van der Waals surface area contributed by atoms with Crippen molar-refractivity contribution in [1.29, 1.82) is 0 Å². The maximum absolute atomic E-state index is 12.4. The number of hydrogen-bond donors (Lipinski definition) is 1. The molecular weight excluding hydrogens is 547 g/mol. The van der Waals surface area contributed by atoms with Crippen LogP contribution in [0.5, 0.6) is 11.5 Å². The first kappa shape index (κ1) is 23.7. The zero-order valence-corrected chi connectivity index (χ0v) is 21.2. The van der Waals surface area contributed by atoms with Gasteiger partial charge in [0.1, 0.15) is 6.61 Å². The van der Waals surface area contributed by atoms with Crippen molar-refractivity contribution < 1.29 is 14.3 Å². The second-order valence-corrected chi connectivity index (χ2v) is 9.60. The van der Waals surface area contributed by atoms with Gasteiger partial charge in [-0.05, 0) is 75.7 Å². The lowest BCUT2D eigenvalue weighted by atomic mass is 10.2. The van der Waals surface area contributed by atoms with Crippen LogP contribution in [0.3, 0.4) is 0 Å².